The summed E-state index contributed by atoms with van der Waals surface area (Å²) in [5.74, 6) is 1.28. The zero-order valence-corrected chi connectivity index (χ0v) is 20.0. The van der Waals surface area contributed by atoms with E-state index in [9.17, 15) is 19.0 Å². The minimum atomic E-state index is -3.34. The number of hydrogen-bond acceptors (Lipinski definition) is 6. The molecule has 0 fully saturated rings. The molecule has 0 aromatic rings. The maximum absolute atomic E-state index is 11.9. The van der Waals surface area contributed by atoms with Gasteiger partial charge < -0.3 is 14.7 Å². The largest absolute Gasteiger partial charge is 0.356 e. The molecular formula is C19H38NO5PS2. The molecule has 0 bridgehead atoms. The predicted octanol–water partition coefficient (Wildman–Crippen LogP) is 5.20. The molecule has 28 heavy (non-hydrogen) atoms. The lowest BCUT2D eigenvalue weighted by Crippen LogP contribution is -2.24. The number of ketones is 1. The monoisotopic (exact) mass is 455 g/mol. The van der Waals surface area contributed by atoms with Gasteiger partial charge in [-0.15, -0.1) is 0 Å². The van der Waals surface area contributed by atoms with Gasteiger partial charge in [-0.1, -0.05) is 54.2 Å². The highest BCUT2D eigenvalue weighted by Gasteiger charge is 2.14. The van der Waals surface area contributed by atoms with Crippen LogP contribution in [0.25, 0.3) is 0 Å². The Hall–Kier alpha value is -0.0100. The van der Waals surface area contributed by atoms with Crippen molar-refractivity contribution in [2.45, 2.75) is 77.6 Å². The van der Waals surface area contributed by atoms with Crippen LogP contribution < -0.4 is 5.32 Å². The van der Waals surface area contributed by atoms with E-state index in [2.05, 4.69) is 5.32 Å². The van der Waals surface area contributed by atoms with Crippen LogP contribution in [0.2, 0.25) is 0 Å². The quantitative estimate of drug-likeness (QED) is 0.148. The molecule has 1 atom stereocenters. The van der Waals surface area contributed by atoms with Crippen molar-refractivity contribution < 1.29 is 23.6 Å². The summed E-state index contributed by atoms with van der Waals surface area (Å²) in [7, 11) is 0.0263. The lowest BCUT2D eigenvalue weighted by atomic mass is 10.0. The predicted molar refractivity (Wildman–Crippen MR) is 121 cm³/mol. The zero-order valence-electron chi connectivity index (χ0n) is 17.5. The molecule has 0 radical (unpaired) electrons. The lowest BCUT2D eigenvalue weighted by Gasteiger charge is -2.09. The summed E-state index contributed by atoms with van der Waals surface area (Å²) in [6.07, 6.45) is 11.5. The van der Waals surface area contributed by atoms with Crippen molar-refractivity contribution in [1.29, 1.82) is 0 Å². The molecule has 0 saturated carbocycles. The van der Waals surface area contributed by atoms with Gasteiger partial charge >= 0.3 is 7.60 Å². The van der Waals surface area contributed by atoms with Gasteiger partial charge in [0.1, 0.15) is 5.78 Å². The third-order valence-corrected chi connectivity index (χ3v) is 7.48. The zero-order chi connectivity index (χ0) is 21.1. The van der Waals surface area contributed by atoms with Crippen molar-refractivity contribution in [3.05, 3.63) is 0 Å². The van der Waals surface area contributed by atoms with E-state index in [0.29, 0.717) is 38.2 Å². The Bertz CT molecular complexity index is 466. The van der Waals surface area contributed by atoms with Crippen LogP contribution in [-0.2, 0) is 18.7 Å². The second-order valence-corrected chi connectivity index (χ2v) is 11.6. The molecule has 0 saturated heterocycles. The van der Waals surface area contributed by atoms with Crippen molar-refractivity contribution in [3.63, 3.8) is 0 Å². The minimum absolute atomic E-state index is 0.111. The SMILES string of the molecule is CCP(=O)(O)OCCCCCCCC(=O)CCCCCNC(=O)CCSSC. The number of unbranched alkanes of at least 4 members (excludes halogenated alkanes) is 6. The van der Waals surface area contributed by atoms with E-state index in [-0.39, 0.29) is 12.1 Å². The van der Waals surface area contributed by atoms with E-state index >= 15 is 0 Å². The first-order chi connectivity index (χ1) is 13.4. The second-order valence-electron chi connectivity index (χ2n) is 6.74. The van der Waals surface area contributed by atoms with Gasteiger partial charge in [-0.3, -0.25) is 14.2 Å². The van der Waals surface area contributed by atoms with Crippen LogP contribution in [0.3, 0.4) is 0 Å². The maximum Gasteiger partial charge on any atom is 0.327 e. The number of carbonyl (C=O) groups is 2. The standard InChI is InChI=1S/C19H38NO5PS2/c1-3-26(23,24)25-16-11-6-4-5-8-12-18(21)13-9-7-10-15-20-19(22)14-17-28-27-2/h3-17H2,1-2H3,(H,20,22)(H,23,24). The summed E-state index contributed by atoms with van der Waals surface area (Å²) in [6.45, 7) is 2.67. The van der Waals surface area contributed by atoms with E-state index in [4.69, 9.17) is 4.52 Å². The molecule has 9 heteroatoms. The fourth-order valence-electron chi connectivity index (χ4n) is 2.54. The summed E-state index contributed by atoms with van der Waals surface area (Å²) >= 11 is 0. The molecule has 0 aliphatic rings. The molecule has 0 heterocycles. The van der Waals surface area contributed by atoms with E-state index in [0.717, 1.165) is 57.1 Å². The number of hydrogen-bond donors (Lipinski definition) is 2. The van der Waals surface area contributed by atoms with Gasteiger partial charge in [-0.25, -0.2) is 0 Å². The Kier molecular flexibility index (Phi) is 19.0. The van der Waals surface area contributed by atoms with Gasteiger partial charge in [0.25, 0.3) is 0 Å². The Morgan fingerprint density at radius 1 is 0.964 bits per heavy atom. The number of rotatable bonds is 20. The fraction of sp³-hybridized carbons (Fsp3) is 0.895. The van der Waals surface area contributed by atoms with Gasteiger partial charge in [0.05, 0.1) is 6.61 Å². The summed E-state index contributed by atoms with van der Waals surface area (Å²) in [5.41, 5.74) is 0. The maximum atomic E-state index is 11.9. The fourth-order valence-corrected chi connectivity index (χ4v) is 4.32. The molecule has 166 valence electrons. The van der Waals surface area contributed by atoms with Crippen LogP contribution in [-0.4, -0.2) is 47.9 Å². The molecular weight excluding hydrogens is 417 g/mol. The van der Waals surface area contributed by atoms with E-state index in [1.807, 2.05) is 6.26 Å². The van der Waals surface area contributed by atoms with Crippen LogP contribution in [0.15, 0.2) is 0 Å². The molecule has 1 amide bonds. The number of amides is 1. The molecule has 0 aliphatic heterocycles. The Balaban J connectivity index is 3.36. The van der Waals surface area contributed by atoms with Gasteiger partial charge in [0.15, 0.2) is 0 Å². The first-order valence-electron chi connectivity index (χ1n) is 10.3. The number of Topliss-reactive ketones (excluding diaryl/α,β-unsaturated/α-hetero) is 1. The topological polar surface area (TPSA) is 92.7 Å². The molecule has 0 rings (SSSR count). The van der Waals surface area contributed by atoms with Crippen LogP contribution in [0.5, 0.6) is 0 Å². The second kappa shape index (κ2) is 19.0. The molecule has 6 nitrogen and oxygen atoms in total. The van der Waals surface area contributed by atoms with E-state index < -0.39 is 7.60 Å². The van der Waals surface area contributed by atoms with Gasteiger partial charge in [-0.2, -0.15) is 0 Å². The summed E-state index contributed by atoms with van der Waals surface area (Å²) in [6, 6.07) is 0. The average molecular weight is 456 g/mol. The third kappa shape index (κ3) is 19.3. The van der Waals surface area contributed by atoms with Crippen LogP contribution in [0.1, 0.15) is 77.6 Å². The highest BCUT2D eigenvalue weighted by Crippen LogP contribution is 2.41. The summed E-state index contributed by atoms with van der Waals surface area (Å²) in [5, 5.41) is 2.92. The summed E-state index contributed by atoms with van der Waals surface area (Å²) < 4.78 is 16.3. The van der Waals surface area contributed by atoms with Gasteiger partial charge in [-0.05, 0) is 31.9 Å². The van der Waals surface area contributed by atoms with Crippen molar-refractivity contribution in [2.24, 2.45) is 0 Å². The average Bonchev–Trinajstić information content (AvgIpc) is 2.66. The first kappa shape index (κ1) is 28.0. The van der Waals surface area contributed by atoms with E-state index in [1.54, 1.807) is 28.5 Å². The van der Waals surface area contributed by atoms with Crippen LogP contribution in [0.4, 0.5) is 0 Å². The van der Waals surface area contributed by atoms with Crippen molar-refractivity contribution >= 4 is 40.9 Å². The highest BCUT2D eigenvalue weighted by atomic mass is 33.1. The van der Waals surface area contributed by atoms with Crippen molar-refractivity contribution in [3.8, 4) is 0 Å². The molecule has 2 N–H and O–H groups in total. The number of carbonyl (C=O) groups excluding carboxylic acids is 2. The minimum Gasteiger partial charge on any atom is -0.356 e. The normalized spacial score (nSPS) is 13.2. The third-order valence-electron chi connectivity index (χ3n) is 4.28. The van der Waals surface area contributed by atoms with Crippen LogP contribution in [0, 0.1) is 0 Å². The first-order valence-corrected chi connectivity index (χ1v) is 14.8. The smallest absolute Gasteiger partial charge is 0.327 e. The Morgan fingerprint density at radius 2 is 1.57 bits per heavy atom. The van der Waals surface area contributed by atoms with Gasteiger partial charge in [0.2, 0.25) is 5.91 Å². The molecule has 0 aromatic heterocycles. The Morgan fingerprint density at radius 3 is 2.21 bits per heavy atom. The van der Waals surface area contributed by atoms with Crippen molar-refractivity contribution in [2.75, 3.05) is 31.3 Å². The lowest BCUT2D eigenvalue weighted by molar-refractivity contribution is -0.121. The summed E-state index contributed by atoms with van der Waals surface area (Å²) in [4.78, 5) is 32.7. The van der Waals surface area contributed by atoms with Crippen LogP contribution >= 0.6 is 29.2 Å². The molecule has 0 aliphatic carbocycles. The number of nitrogens with one attached hydrogen (secondary N) is 1. The molecule has 1 unspecified atom stereocenters. The highest BCUT2D eigenvalue weighted by molar-refractivity contribution is 8.76. The van der Waals surface area contributed by atoms with E-state index in [1.165, 1.54) is 0 Å². The van der Waals surface area contributed by atoms with Gasteiger partial charge in [0, 0.05) is 37.7 Å². The molecule has 0 aromatic carbocycles. The Labute approximate surface area is 178 Å². The van der Waals surface area contributed by atoms with Crippen molar-refractivity contribution in [1.82, 2.24) is 5.32 Å². The molecule has 0 spiro atoms.